The van der Waals surface area contributed by atoms with E-state index in [2.05, 4.69) is 41.1 Å². The van der Waals surface area contributed by atoms with Crippen molar-refractivity contribution in [3.8, 4) is 11.5 Å². The molecule has 1 amide bonds. The van der Waals surface area contributed by atoms with Crippen molar-refractivity contribution in [3.63, 3.8) is 0 Å². The molecule has 1 N–H and O–H groups in total. The van der Waals surface area contributed by atoms with Crippen LogP contribution in [0.15, 0.2) is 30.3 Å². The molecule has 202 valence electrons. The second-order valence-corrected chi connectivity index (χ2v) is 10.9. The molecule has 0 aromatic heterocycles. The molecule has 2 aromatic carbocycles. The van der Waals surface area contributed by atoms with Crippen LogP contribution in [0, 0.1) is 13.8 Å². The number of fused-ring (bicyclic) bond motifs is 1. The van der Waals surface area contributed by atoms with Crippen LogP contribution in [0.3, 0.4) is 0 Å². The first-order valence-corrected chi connectivity index (χ1v) is 13.6. The number of hydrogen-bond acceptors (Lipinski definition) is 6. The van der Waals surface area contributed by atoms with E-state index < -0.39 is 0 Å². The summed E-state index contributed by atoms with van der Waals surface area (Å²) in [5, 5.41) is 3.55. The van der Waals surface area contributed by atoms with E-state index in [1.54, 1.807) is 7.11 Å². The third kappa shape index (κ3) is 6.51. The number of methoxy groups -OCH3 is 1. The van der Waals surface area contributed by atoms with Gasteiger partial charge in [0.2, 0.25) is 0 Å². The zero-order valence-corrected chi connectivity index (χ0v) is 23.6. The van der Waals surface area contributed by atoms with E-state index in [9.17, 15) is 4.79 Å². The molecular weight excluding hydrogens is 488 g/mol. The normalized spacial score (nSPS) is 20.0. The number of nitrogens with one attached hydrogen (secondary N) is 1. The second kappa shape index (κ2) is 12.4. The van der Waals surface area contributed by atoms with E-state index in [0.717, 1.165) is 43.2 Å². The van der Waals surface area contributed by atoms with Crippen LogP contribution < -0.4 is 19.7 Å². The van der Waals surface area contributed by atoms with Crippen LogP contribution in [0.5, 0.6) is 11.5 Å². The number of likely N-dealkylation sites (N-methyl/N-ethyl adjacent to an activating group) is 1. The molecule has 0 spiro atoms. The van der Waals surface area contributed by atoms with Crippen LogP contribution in [0.2, 0.25) is 5.02 Å². The molecular formula is C29H41ClN4O3. The van der Waals surface area contributed by atoms with E-state index in [4.69, 9.17) is 21.1 Å². The zero-order valence-electron chi connectivity index (χ0n) is 22.8. The van der Waals surface area contributed by atoms with Gasteiger partial charge in [0.15, 0.2) is 6.61 Å². The van der Waals surface area contributed by atoms with Gasteiger partial charge in [-0.25, -0.2) is 0 Å². The highest BCUT2D eigenvalue weighted by Gasteiger charge is 2.36. The summed E-state index contributed by atoms with van der Waals surface area (Å²) >= 11 is 6.26. The minimum Gasteiger partial charge on any atom is -0.495 e. The van der Waals surface area contributed by atoms with Crippen molar-refractivity contribution in [2.45, 2.75) is 45.2 Å². The zero-order chi connectivity index (χ0) is 26.5. The number of halogens is 1. The standard InChI is InChI=1S/C29H41ClN4O3/c1-20-21(2)27(37-19-29(35)31-13-14-32(3)4)12-10-24(20)26-8-6-7-23-18-33(15-16-34(23)26)22-9-11-25(30)28(17-22)36-5/h9-12,17,23,26H,6-8,13-16,18-19H2,1-5H3,(H,31,35)/t23-,26+/m0/s1. The first kappa shape index (κ1) is 27.6. The number of piperidine rings is 1. The molecule has 37 heavy (non-hydrogen) atoms. The van der Waals surface area contributed by atoms with Crippen LogP contribution in [0.1, 0.15) is 42.0 Å². The predicted octanol–water partition coefficient (Wildman–Crippen LogP) is 4.44. The topological polar surface area (TPSA) is 57.3 Å². The third-order valence-corrected chi connectivity index (χ3v) is 8.13. The molecule has 2 aliphatic rings. The fourth-order valence-electron chi connectivity index (χ4n) is 5.61. The Labute approximate surface area is 226 Å². The van der Waals surface area contributed by atoms with E-state index in [0.29, 0.717) is 23.7 Å². The van der Waals surface area contributed by atoms with Gasteiger partial charge in [0.25, 0.3) is 5.91 Å². The summed E-state index contributed by atoms with van der Waals surface area (Å²) in [4.78, 5) is 19.4. The van der Waals surface area contributed by atoms with Crippen LogP contribution in [0.25, 0.3) is 0 Å². The van der Waals surface area contributed by atoms with Gasteiger partial charge in [0, 0.05) is 56.6 Å². The largest absolute Gasteiger partial charge is 0.495 e. The molecule has 2 aromatic rings. The van der Waals surface area contributed by atoms with E-state index in [1.165, 1.54) is 36.1 Å². The van der Waals surface area contributed by atoms with Gasteiger partial charge >= 0.3 is 0 Å². The lowest BCUT2D eigenvalue weighted by Gasteiger charge is -2.49. The van der Waals surface area contributed by atoms with E-state index >= 15 is 0 Å². The first-order chi connectivity index (χ1) is 17.8. The first-order valence-electron chi connectivity index (χ1n) is 13.3. The fourth-order valence-corrected chi connectivity index (χ4v) is 5.81. The van der Waals surface area contributed by atoms with Gasteiger partial charge in [-0.1, -0.05) is 17.7 Å². The summed E-state index contributed by atoms with van der Waals surface area (Å²) in [5.41, 5.74) is 4.93. The Kier molecular flexibility index (Phi) is 9.22. The summed E-state index contributed by atoms with van der Waals surface area (Å²) in [5.74, 6) is 1.43. The maximum absolute atomic E-state index is 12.2. The number of carbonyl (C=O) groups is 1. The number of amides is 1. The van der Waals surface area contributed by atoms with Gasteiger partial charge < -0.3 is 24.6 Å². The number of nitrogens with zero attached hydrogens (tertiary/aromatic N) is 3. The monoisotopic (exact) mass is 528 g/mol. The summed E-state index contributed by atoms with van der Waals surface area (Å²) < 4.78 is 11.4. The van der Waals surface area contributed by atoms with Crippen molar-refractivity contribution < 1.29 is 14.3 Å². The lowest BCUT2D eigenvalue weighted by atomic mass is 9.86. The van der Waals surface area contributed by atoms with Gasteiger partial charge in [0.1, 0.15) is 11.5 Å². The number of carbonyl (C=O) groups excluding carboxylic acids is 1. The second-order valence-electron chi connectivity index (χ2n) is 10.4. The highest BCUT2D eigenvalue weighted by Crippen LogP contribution is 2.40. The molecule has 2 aliphatic heterocycles. The van der Waals surface area contributed by atoms with Crippen molar-refractivity contribution in [3.05, 3.63) is 52.0 Å². The summed E-state index contributed by atoms with van der Waals surface area (Å²) in [6, 6.07) is 11.2. The molecule has 4 rings (SSSR count). The van der Waals surface area contributed by atoms with Crippen molar-refractivity contribution in [2.24, 2.45) is 0 Å². The smallest absolute Gasteiger partial charge is 0.257 e. The SMILES string of the molecule is COc1cc(N2CCN3[C@@H](CCC[C@@H]3c3ccc(OCC(=O)NCCN(C)C)c(C)c3C)C2)ccc1Cl. The molecule has 0 aliphatic carbocycles. The summed E-state index contributed by atoms with van der Waals surface area (Å²) in [7, 11) is 5.64. The van der Waals surface area contributed by atoms with Gasteiger partial charge in [0.05, 0.1) is 12.1 Å². The molecule has 0 saturated carbocycles. The Morgan fingerprint density at radius 2 is 1.92 bits per heavy atom. The van der Waals surface area contributed by atoms with Gasteiger partial charge in [-0.3, -0.25) is 9.69 Å². The minimum absolute atomic E-state index is 0.0377. The molecule has 0 radical (unpaired) electrons. The number of rotatable bonds is 9. The van der Waals surface area contributed by atoms with Crippen LogP contribution in [-0.4, -0.2) is 82.3 Å². The van der Waals surface area contributed by atoms with Gasteiger partial charge in [-0.05, 0) is 82.1 Å². The maximum Gasteiger partial charge on any atom is 0.257 e. The van der Waals surface area contributed by atoms with Gasteiger partial charge in [-0.15, -0.1) is 0 Å². The van der Waals surface area contributed by atoms with Crippen molar-refractivity contribution in [1.29, 1.82) is 0 Å². The lowest BCUT2D eigenvalue weighted by Crippen LogP contribution is -2.56. The maximum atomic E-state index is 12.2. The molecule has 2 atom stereocenters. The molecule has 0 bridgehead atoms. The quantitative estimate of drug-likeness (QED) is 0.519. The van der Waals surface area contributed by atoms with Crippen LogP contribution >= 0.6 is 11.6 Å². The Balaban J connectivity index is 1.41. The third-order valence-electron chi connectivity index (χ3n) is 7.82. The summed E-state index contributed by atoms with van der Waals surface area (Å²) in [6.07, 6.45) is 3.59. The highest BCUT2D eigenvalue weighted by atomic mass is 35.5. The fraction of sp³-hybridized carbons (Fsp3) is 0.552. The Morgan fingerprint density at radius 3 is 2.68 bits per heavy atom. The van der Waals surface area contributed by atoms with E-state index in [1.807, 2.05) is 37.2 Å². The number of ether oxygens (including phenoxy) is 2. The van der Waals surface area contributed by atoms with Crippen LogP contribution in [-0.2, 0) is 4.79 Å². The molecule has 2 heterocycles. The molecule has 8 heteroatoms. The van der Waals surface area contributed by atoms with Gasteiger partial charge in [-0.2, -0.15) is 0 Å². The predicted molar refractivity (Wildman–Crippen MR) is 150 cm³/mol. The Hall–Kier alpha value is -2.48. The Morgan fingerprint density at radius 1 is 1.11 bits per heavy atom. The van der Waals surface area contributed by atoms with E-state index in [-0.39, 0.29) is 12.5 Å². The van der Waals surface area contributed by atoms with Crippen LogP contribution in [0.4, 0.5) is 5.69 Å². The van der Waals surface area contributed by atoms with Crippen molar-refractivity contribution >= 4 is 23.2 Å². The van der Waals surface area contributed by atoms with Crippen molar-refractivity contribution in [2.75, 3.05) is 65.4 Å². The average Bonchev–Trinajstić information content (AvgIpc) is 2.89. The Bertz CT molecular complexity index is 1090. The average molecular weight is 529 g/mol. The molecule has 2 fully saturated rings. The lowest BCUT2D eigenvalue weighted by molar-refractivity contribution is -0.123. The minimum atomic E-state index is -0.0886. The number of piperazine rings is 1. The summed E-state index contributed by atoms with van der Waals surface area (Å²) in [6.45, 7) is 8.75. The number of benzene rings is 2. The molecule has 7 nitrogen and oxygen atoms in total. The molecule has 0 unspecified atom stereocenters. The number of anilines is 1. The number of hydrogen-bond donors (Lipinski definition) is 1. The molecule has 2 saturated heterocycles. The van der Waals surface area contributed by atoms with Crippen molar-refractivity contribution in [1.82, 2.24) is 15.1 Å². The highest BCUT2D eigenvalue weighted by molar-refractivity contribution is 6.32.